The summed E-state index contributed by atoms with van der Waals surface area (Å²) in [5.74, 6) is -0.0247. The van der Waals surface area contributed by atoms with Gasteiger partial charge in [-0.25, -0.2) is 9.59 Å². The summed E-state index contributed by atoms with van der Waals surface area (Å²) in [6, 6.07) is 9.09. The number of carbonyl (C=O) groups is 2. The molecule has 1 aromatic rings. The van der Waals surface area contributed by atoms with Crippen LogP contribution in [0.25, 0.3) is 0 Å². The molecule has 0 saturated carbocycles. The summed E-state index contributed by atoms with van der Waals surface area (Å²) < 4.78 is 0. The SMILES string of the molecule is O=C(O)[C@@H]1CSCN1C(=O)NCCCc1ccccc1. The summed E-state index contributed by atoms with van der Waals surface area (Å²) in [7, 11) is 0. The summed E-state index contributed by atoms with van der Waals surface area (Å²) >= 11 is 1.47. The highest BCUT2D eigenvalue weighted by Crippen LogP contribution is 2.20. The highest BCUT2D eigenvalue weighted by Gasteiger charge is 2.34. The van der Waals surface area contributed by atoms with Crippen LogP contribution >= 0.6 is 11.8 Å². The molecule has 5 nitrogen and oxygen atoms in total. The van der Waals surface area contributed by atoms with E-state index in [9.17, 15) is 9.59 Å². The van der Waals surface area contributed by atoms with Gasteiger partial charge in [0.1, 0.15) is 6.04 Å². The van der Waals surface area contributed by atoms with Crippen molar-refractivity contribution in [2.45, 2.75) is 18.9 Å². The lowest BCUT2D eigenvalue weighted by Crippen LogP contribution is -2.47. The lowest BCUT2D eigenvalue weighted by Gasteiger charge is -2.20. The summed E-state index contributed by atoms with van der Waals surface area (Å²) in [5, 5.41) is 11.8. The first kappa shape index (κ1) is 14.7. The Morgan fingerprint density at radius 2 is 2.10 bits per heavy atom. The molecule has 2 N–H and O–H groups in total. The van der Waals surface area contributed by atoms with Crippen molar-refractivity contribution in [1.82, 2.24) is 10.2 Å². The van der Waals surface area contributed by atoms with Crippen LogP contribution < -0.4 is 5.32 Å². The van der Waals surface area contributed by atoms with Gasteiger partial charge in [0, 0.05) is 12.3 Å². The normalized spacial score (nSPS) is 18.0. The van der Waals surface area contributed by atoms with Gasteiger partial charge in [-0.1, -0.05) is 30.3 Å². The topological polar surface area (TPSA) is 69.6 Å². The highest BCUT2D eigenvalue weighted by molar-refractivity contribution is 7.99. The molecule has 1 heterocycles. The van der Waals surface area contributed by atoms with Crippen molar-refractivity contribution in [3.05, 3.63) is 35.9 Å². The predicted molar refractivity (Wildman–Crippen MR) is 78.7 cm³/mol. The summed E-state index contributed by atoms with van der Waals surface area (Å²) in [4.78, 5) is 24.3. The maximum atomic E-state index is 11.9. The fraction of sp³-hybridized carbons (Fsp3) is 0.429. The number of benzene rings is 1. The van der Waals surface area contributed by atoms with E-state index in [4.69, 9.17) is 5.11 Å². The number of urea groups is 1. The van der Waals surface area contributed by atoms with Crippen molar-refractivity contribution >= 4 is 23.8 Å². The van der Waals surface area contributed by atoms with Gasteiger partial charge in [0.05, 0.1) is 5.88 Å². The zero-order valence-corrected chi connectivity index (χ0v) is 11.9. The Labute approximate surface area is 122 Å². The van der Waals surface area contributed by atoms with Gasteiger partial charge in [-0.2, -0.15) is 0 Å². The molecule has 2 amide bonds. The zero-order chi connectivity index (χ0) is 14.4. The van der Waals surface area contributed by atoms with Crippen LogP contribution in [0.2, 0.25) is 0 Å². The fourth-order valence-electron chi connectivity index (χ4n) is 2.08. The van der Waals surface area contributed by atoms with Crippen molar-refractivity contribution in [2.75, 3.05) is 18.2 Å². The third-order valence-electron chi connectivity index (χ3n) is 3.19. The maximum absolute atomic E-state index is 11.9. The number of aryl methyl sites for hydroxylation is 1. The van der Waals surface area contributed by atoms with Gasteiger partial charge in [-0.3, -0.25) is 0 Å². The molecule has 0 radical (unpaired) electrons. The van der Waals surface area contributed by atoms with Crippen LogP contribution in [0.4, 0.5) is 4.79 Å². The van der Waals surface area contributed by atoms with Crippen molar-refractivity contribution in [1.29, 1.82) is 0 Å². The van der Waals surface area contributed by atoms with Crippen LogP contribution in [-0.2, 0) is 11.2 Å². The van der Waals surface area contributed by atoms with E-state index in [0.29, 0.717) is 18.2 Å². The number of carboxylic acid groups (broad SMARTS) is 1. The lowest BCUT2D eigenvalue weighted by atomic mass is 10.1. The second kappa shape index (κ2) is 7.19. The van der Waals surface area contributed by atoms with Gasteiger partial charge in [-0.05, 0) is 18.4 Å². The molecule has 1 aliphatic rings. The smallest absolute Gasteiger partial charge is 0.327 e. The van der Waals surface area contributed by atoms with E-state index in [1.807, 2.05) is 18.2 Å². The molecule has 1 atom stereocenters. The molecule has 0 aliphatic carbocycles. The number of hydrogen-bond acceptors (Lipinski definition) is 3. The van der Waals surface area contributed by atoms with E-state index < -0.39 is 12.0 Å². The predicted octanol–water partition coefficient (Wildman–Crippen LogP) is 1.79. The Hall–Kier alpha value is -1.69. The molecule has 0 aromatic heterocycles. The summed E-state index contributed by atoms with van der Waals surface area (Å²) in [6.45, 7) is 0.557. The third kappa shape index (κ3) is 3.90. The van der Waals surface area contributed by atoms with Crippen LogP contribution in [0.3, 0.4) is 0 Å². The summed E-state index contributed by atoms with van der Waals surface area (Å²) in [5.41, 5.74) is 1.24. The van der Waals surface area contributed by atoms with Gasteiger partial charge < -0.3 is 15.3 Å². The monoisotopic (exact) mass is 294 g/mol. The third-order valence-corrected chi connectivity index (χ3v) is 4.20. The van der Waals surface area contributed by atoms with Crippen LogP contribution in [0.1, 0.15) is 12.0 Å². The van der Waals surface area contributed by atoms with E-state index in [0.717, 1.165) is 12.8 Å². The number of carboxylic acids is 1. The molecular formula is C14H18N2O3S. The minimum Gasteiger partial charge on any atom is -0.480 e. The first-order valence-corrected chi connectivity index (χ1v) is 7.73. The molecule has 1 saturated heterocycles. The van der Waals surface area contributed by atoms with E-state index in [1.165, 1.54) is 22.2 Å². The molecule has 0 bridgehead atoms. The Kier molecular flexibility index (Phi) is 5.29. The van der Waals surface area contributed by atoms with Crippen LogP contribution in [-0.4, -0.2) is 46.2 Å². The van der Waals surface area contributed by atoms with Gasteiger partial charge in [0.25, 0.3) is 0 Å². The van der Waals surface area contributed by atoms with Crippen molar-refractivity contribution in [3.8, 4) is 0 Å². The number of nitrogens with zero attached hydrogens (tertiary/aromatic N) is 1. The van der Waals surface area contributed by atoms with E-state index in [-0.39, 0.29) is 6.03 Å². The van der Waals surface area contributed by atoms with Gasteiger partial charge in [0.2, 0.25) is 0 Å². The molecule has 108 valence electrons. The van der Waals surface area contributed by atoms with Crippen molar-refractivity contribution in [2.24, 2.45) is 0 Å². The number of nitrogens with one attached hydrogen (secondary N) is 1. The summed E-state index contributed by atoms with van der Waals surface area (Å²) in [6.07, 6.45) is 1.74. The number of hydrogen-bond donors (Lipinski definition) is 2. The number of aliphatic carboxylic acids is 1. The highest BCUT2D eigenvalue weighted by atomic mass is 32.2. The van der Waals surface area contributed by atoms with E-state index >= 15 is 0 Å². The maximum Gasteiger partial charge on any atom is 0.327 e. The zero-order valence-electron chi connectivity index (χ0n) is 11.1. The van der Waals surface area contributed by atoms with Crippen molar-refractivity contribution in [3.63, 3.8) is 0 Å². The van der Waals surface area contributed by atoms with E-state index in [1.54, 1.807) is 0 Å². The lowest BCUT2D eigenvalue weighted by molar-refractivity contribution is -0.140. The van der Waals surface area contributed by atoms with E-state index in [2.05, 4.69) is 17.4 Å². The molecule has 1 aromatic carbocycles. The first-order valence-electron chi connectivity index (χ1n) is 6.57. The molecular weight excluding hydrogens is 276 g/mol. The molecule has 1 aliphatic heterocycles. The minimum absolute atomic E-state index is 0.282. The van der Waals surface area contributed by atoms with Gasteiger partial charge in [-0.15, -0.1) is 11.8 Å². The number of amides is 2. The Morgan fingerprint density at radius 1 is 1.35 bits per heavy atom. The Balaban J connectivity index is 1.71. The molecule has 0 spiro atoms. The number of thioether (sulfide) groups is 1. The number of carbonyl (C=O) groups excluding carboxylic acids is 1. The molecule has 1 fully saturated rings. The standard InChI is InChI=1S/C14H18N2O3S/c17-13(18)12-9-20-10-16(12)14(19)15-8-4-7-11-5-2-1-3-6-11/h1-3,5-6,12H,4,7-10H2,(H,15,19)(H,17,18)/t12-/m0/s1. The molecule has 0 unspecified atom stereocenters. The van der Waals surface area contributed by atoms with Crippen molar-refractivity contribution < 1.29 is 14.7 Å². The minimum atomic E-state index is -0.936. The van der Waals surface area contributed by atoms with Gasteiger partial charge >= 0.3 is 12.0 Å². The second-order valence-corrected chi connectivity index (χ2v) is 5.64. The van der Waals surface area contributed by atoms with Crippen LogP contribution in [0, 0.1) is 0 Å². The first-order chi connectivity index (χ1) is 9.68. The molecule has 2 rings (SSSR count). The second-order valence-electron chi connectivity index (χ2n) is 4.64. The van der Waals surface area contributed by atoms with Crippen LogP contribution in [0.5, 0.6) is 0 Å². The van der Waals surface area contributed by atoms with Gasteiger partial charge in [0.15, 0.2) is 0 Å². The number of rotatable bonds is 5. The Morgan fingerprint density at radius 3 is 2.80 bits per heavy atom. The fourth-order valence-corrected chi connectivity index (χ4v) is 3.23. The molecule has 6 heteroatoms. The largest absolute Gasteiger partial charge is 0.480 e. The Bertz CT molecular complexity index is 467. The molecule has 20 heavy (non-hydrogen) atoms. The quantitative estimate of drug-likeness (QED) is 0.812. The average molecular weight is 294 g/mol. The van der Waals surface area contributed by atoms with Crippen LogP contribution in [0.15, 0.2) is 30.3 Å². The average Bonchev–Trinajstić information content (AvgIpc) is 2.94.